The minimum absolute atomic E-state index is 0.135. The van der Waals surface area contributed by atoms with Crippen molar-refractivity contribution < 1.29 is 23.1 Å². The molecule has 1 aromatic rings. The number of aliphatic hydroxyl groups is 1. The van der Waals surface area contributed by atoms with Crippen LogP contribution in [0.15, 0.2) is 24.3 Å². The first-order valence-electron chi connectivity index (χ1n) is 7.36. The molecule has 1 amide bonds. The SMILES string of the molecule is Cc1ccccc1CC(C)NC(=O)CN(C)CC(O)C(F)(F)F. The van der Waals surface area contributed by atoms with E-state index in [2.05, 4.69) is 5.32 Å². The van der Waals surface area contributed by atoms with Crippen LogP contribution < -0.4 is 5.32 Å². The lowest BCUT2D eigenvalue weighted by Gasteiger charge is -2.23. The predicted molar refractivity (Wildman–Crippen MR) is 82.0 cm³/mol. The van der Waals surface area contributed by atoms with Crippen LogP contribution in [0.3, 0.4) is 0 Å². The summed E-state index contributed by atoms with van der Waals surface area (Å²) in [5.41, 5.74) is 2.24. The molecule has 2 unspecified atom stereocenters. The Bertz CT molecular complexity index is 520. The number of amides is 1. The molecular weight excluding hydrogens is 309 g/mol. The lowest BCUT2D eigenvalue weighted by atomic mass is 10.0. The van der Waals surface area contributed by atoms with Crippen LogP contribution in [0.5, 0.6) is 0 Å². The highest BCUT2D eigenvalue weighted by molar-refractivity contribution is 5.78. The summed E-state index contributed by atoms with van der Waals surface area (Å²) in [6.07, 6.45) is -6.49. The zero-order valence-corrected chi connectivity index (χ0v) is 13.5. The molecular formula is C16H23F3N2O2. The maximum atomic E-state index is 12.3. The summed E-state index contributed by atoms with van der Waals surface area (Å²) >= 11 is 0. The van der Waals surface area contributed by atoms with Crippen molar-refractivity contribution in [3.05, 3.63) is 35.4 Å². The number of aryl methyl sites for hydroxylation is 1. The van der Waals surface area contributed by atoms with E-state index in [4.69, 9.17) is 5.11 Å². The number of hydrogen-bond donors (Lipinski definition) is 2. The second-order valence-electron chi connectivity index (χ2n) is 5.85. The number of carbonyl (C=O) groups excluding carboxylic acids is 1. The molecule has 1 rings (SSSR count). The largest absolute Gasteiger partial charge is 0.415 e. The first-order chi connectivity index (χ1) is 10.6. The summed E-state index contributed by atoms with van der Waals surface area (Å²) < 4.78 is 36.8. The highest BCUT2D eigenvalue weighted by Crippen LogP contribution is 2.20. The maximum absolute atomic E-state index is 12.3. The summed E-state index contributed by atoms with van der Waals surface area (Å²) in [7, 11) is 1.36. The number of benzene rings is 1. The minimum Gasteiger partial charge on any atom is -0.382 e. The Morgan fingerprint density at radius 2 is 1.96 bits per heavy atom. The van der Waals surface area contributed by atoms with Crippen LogP contribution in [0.25, 0.3) is 0 Å². The quantitative estimate of drug-likeness (QED) is 0.802. The van der Waals surface area contributed by atoms with Gasteiger partial charge < -0.3 is 10.4 Å². The number of aliphatic hydroxyl groups excluding tert-OH is 1. The summed E-state index contributed by atoms with van der Waals surface area (Å²) in [5.74, 6) is -0.372. The maximum Gasteiger partial charge on any atom is 0.415 e. The molecule has 7 heteroatoms. The Balaban J connectivity index is 2.42. The van der Waals surface area contributed by atoms with Crippen LogP contribution >= 0.6 is 0 Å². The molecule has 0 spiro atoms. The van der Waals surface area contributed by atoms with E-state index in [9.17, 15) is 18.0 Å². The number of hydrogen-bond acceptors (Lipinski definition) is 3. The van der Waals surface area contributed by atoms with Gasteiger partial charge in [0.2, 0.25) is 5.91 Å². The fraction of sp³-hybridized carbons (Fsp3) is 0.562. The van der Waals surface area contributed by atoms with Crippen LogP contribution in [-0.2, 0) is 11.2 Å². The molecule has 0 aliphatic carbocycles. The van der Waals surface area contributed by atoms with Gasteiger partial charge >= 0.3 is 6.18 Å². The van der Waals surface area contributed by atoms with Crippen LogP contribution in [0.4, 0.5) is 13.2 Å². The van der Waals surface area contributed by atoms with Crippen molar-refractivity contribution in [3.63, 3.8) is 0 Å². The molecule has 0 bridgehead atoms. The lowest BCUT2D eigenvalue weighted by Crippen LogP contribution is -2.45. The third-order valence-electron chi connectivity index (χ3n) is 3.47. The Morgan fingerprint density at radius 3 is 2.52 bits per heavy atom. The normalized spacial score (nSPS) is 14.6. The number of carbonyl (C=O) groups is 1. The van der Waals surface area contributed by atoms with Crippen LogP contribution in [-0.4, -0.2) is 54.4 Å². The average molecular weight is 332 g/mol. The third-order valence-corrected chi connectivity index (χ3v) is 3.47. The predicted octanol–water partition coefficient (Wildman–Crippen LogP) is 1.90. The van der Waals surface area contributed by atoms with Gasteiger partial charge in [0.25, 0.3) is 0 Å². The van der Waals surface area contributed by atoms with Gasteiger partial charge in [0, 0.05) is 12.6 Å². The summed E-state index contributed by atoms with van der Waals surface area (Å²) in [4.78, 5) is 13.0. The topological polar surface area (TPSA) is 52.6 Å². The van der Waals surface area contributed by atoms with Gasteiger partial charge in [-0.25, -0.2) is 0 Å². The van der Waals surface area contributed by atoms with Crippen molar-refractivity contribution in [1.29, 1.82) is 0 Å². The van der Waals surface area contributed by atoms with Gasteiger partial charge in [-0.3, -0.25) is 9.69 Å². The minimum atomic E-state index is -4.68. The molecule has 130 valence electrons. The van der Waals surface area contributed by atoms with Gasteiger partial charge in [0.05, 0.1) is 6.54 Å². The Morgan fingerprint density at radius 1 is 1.35 bits per heavy atom. The van der Waals surface area contributed by atoms with Gasteiger partial charge in [0.15, 0.2) is 6.10 Å². The Hall–Kier alpha value is -1.60. The first-order valence-corrected chi connectivity index (χ1v) is 7.36. The van der Waals surface area contributed by atoms with Gasteiger partial charge in [-0.2, -0.15) is 13.2 Å². The first kappa shape index (κ1) is 19.4. The molecule has 4 nitrogen and oxygen atoms in total. The molecule has 0 aromatic heterocycles. The molecule has 2 N–H and O–H groups in total. The van der Waals surface area contributed by atoms with E-state index >= 15 is 0 Å². The fourth-order valence-electron chi connectivity index (χ4n) is 2.25. The van der Waals surface area contributed by atoms with E-state index < -0.39 is 18.8 Å². The van der Waals surface area contributed by atoms with E-state index in [1.54, 1.807) is 0 Å². The molecule has 2 atom stereocenters. The number of rotatable bonds is 7. The van der Waals surface area contributed by atoms with Crippen molar-refractivity contribution in [1.82, 2.24) is 10.2 Å². The number of halogens is 3. The molecule has 0 fully saturated rings. The van der Waals surface area contributed by atoms with Gasteiger partial charge in [-0.05, 0) is 38.4 Å². The van der Waals surface area contributed by atoms with Gasteiger partial charge in [-0.15, -0.1) is 0 Å². The number of alkyl halides is 3. The second-order valence-corrected chi connectivity index (χ2v) is 5.85. The standard InChI is InChI=1S/C16H23F3N2O2/c1-11-6-4-5-7-13(11)8-12(2)20-15(23)10-21(3)9-14(22)16(17,18)19/h4-7,12,14,22H,8-10H2,1-3H3,(H,20,23). The van der Waals surface area contributed by atoms with Crippen molar-refractivity contribution in [2.45, 2.75) is 38.6 Å². The molecule has 1 aromatic carbocycles. The monoisotopic (exact) mass is 332 g/mol. The highest BCUT2D eigenvalue weighted by Gasteiger charge is 2.38. The number of nitrogens with zero attached hydrogens (tertiary/aromatic N) is 1. The van der Waals surface area contributed by atoms with Crippen molar-refractivity contribution in [2.75, 3.05) is 20.1 Å². The summed E-state index contributed by atoms with van der Waals surface area (Å²) in [6.45, 7) is 2.99. The van der Waals surface area contributed by atoms with E-state index in [0.29, 0.717) is 6.42 Å². The van der Waals surface area contributed by atoms with Crippen LogP contribution in [0, 0.1) is 6.92 Å². The third kappa shape index (κ3) is 7.00. The molecule has 0 saturated carbocycles. The Kier molecular flexibility index (Phi) is 7.02. The molecule has 0 heterocycles. The van der Waals surface area contributed by atoms with Crippen molar-refractivity contribution in [2.24, 2.45) is 0 Å². The smallest absolute Gasteiger partial charge is 0.382 e. The van der Waals surface area contributed by atoms with E-state index in [1.165, 1.54) is 7.05 Å². The van der Waals surface area contributed by atoms with E-state index in [-0.39, 0.29) is 18.5 Å². The lowest BCUT2D eigenvalue weighted by molar-refractivity contribution is -0.207. The molecule has 0 aliphatic rings. The zero-order chi connectivity index (χ0) is 17.6. The Labute approximate surface area is 134 Å². The van der Waals surface area contributed by atoms with Crippen LogP contribution in [0.1, 0.15) is 18.1 Å². The average Bonchev–Trinajstić information content (AvgIpc) is 2.39. The second kappa shape index (κ2) is 8.31. The number of likely N-dealkylation sites (N-methyl/N-ethyl adjacent to an activating group) is 1. The highest BCUT2D eigenvalue weighted by atomic mass is 19.4. The van der Waals surface area contributed by atoms with Gasteiger partial charge in [0.1, 0.15) is 0 Å². The summed E-state index contributed by atoms with van der Waals surface area (Å²) in [5, 5.41) is 11.7. The summed E-state index contributed by atoms with van der Waals surface area (Å²) in [6, 6.07) is 7.68. The van der Waals surface area contributed by atoms with Crippen LogP contribution in [0.2, 0.25) is 0 Å². The zero-order valence-electron chi connectivity index (χ0n) is 13.5. The number of nitrogens with one attached hydrogen (secondary N) is 1. The van der Waals surface area contributed by atoms with Gasteiger partial charge in [-0.1, -0.05) is 24.3 Å². The molecule has 0 saturated heterocycles. The molecule has 23 heavy (non-hydrogen) atoms. The molecule has 0 radical (unpaired) electrons. The van der Waals surface area contributed by atoms with Crippen molar-refractivity contribution >= 4 is 5.91 Å². The van der Waals surface area contributed by atoms with E-state index in [0.717, 1.165) is 16.0 Å². The fourth-order valence-corrected chi connectivity index (χ4v) is 2.25. The van der Waals surface area contributed by atoms with Crippen molar-refractivity contribution in [3.8, 4) is 0 Å². The molecule has 0 aliphatic heterocycles. The van der Waals surface area contributed by atoms with E-state index in [1.807, 2.05) is 38.1 Å².